The van der Waals surface area contributed by atoms with E-state index in [4.69, 9.17) is 5.73 Å². The van der Waals surface area contributed by atoms with Crippen molar-refractivity contribution in [2.45, 2.75) is 57.3 Å². The Kier molecular flexibility index (Phi) is 4.57. The van der Waals surface area contributed by atoms with E-state index in [2.05, 4.69) is 10.3 Å². The van der Waals surface area contributed by atoms with Crippen LogP contribution in [-0.4, -0.2) is 32.2 Å². The second-order valence-electron chi connectivity index (χ2n) is 8.67. The third-order valence-corrected chi connectivity index (χ3v) is 5.07. The number of hydrogen-bond acceptors (Lipinski definition) is 4. The molecule has 152 valence electrons. The normalized spacial score (nSPS) is 18.5. The van der Waals surface area contributed by atoms with Crippen LogP contribution in [0, 0.1) is 5.41 Å². The van der Waals surface area contributed by atoms with Gasteiger partial charge in [-0.25, -0.2) is 9.48 Å². The van der Waals surface area contributed by atoms with Crippen molar-refractivity contribution in [1.82, 2.24) is 15.0 Å². The highest BCUT2D eigenvalue weighted by molar-refractivity contribution is 5.81. The predicted octanol–water partition coefficient (Wildman–Crippen LogP) is 3.67. The van der Waals surface area contributed by atoms with E-state index < -0.39 is 23.2 Å². The minimum atomic E-state index is -4.38. The molecule has 1 atom stereocenters. The molecule has 9 heteroatoms. The van der Waals surface area contributed by atoms with E-state index in [1.807, 2.05) is 20.8 Å². The van der Waals surface area contributed by atoms with Gasteiger partial charge in [0, 0.05) is 5.56 Å². The average Bonchev–Trinajstić information content (AvgIpc) is 3.25. The molecule has 0 radical (unpaired) electrons. The van der Waals surface area contributed by atoms with E-state index in [0.29, 0.717) is 11.1 Å². The Morgan fingerprint density at radius 1 is 1.21 bits per heavy atom. The van der Waals surface area contributed by atoms with Crippen LogP contribution < -0.4 is 5.73 Å². The molecular weight excluding hydrogens is 373 g/mol. The summed E-state index contributed by atoms with van der Waals surface area (Å²) < 4.78 is 40.6. The lowest BCUT2D eigenvalue weighted by atomic mass is 9.76. The molecule has 0 bridgehead atoms. The zero-order chi connectivity index (χ0) is 21.0. The molecule has 1 aliphatic carbocycles. The topological polar surface area (TPSA) is 94.0 Å². The average molecular weight is 396 g/mol. The molecule has 0 aliphatic heterocycles. The van der Waals surface area contributed by atoms with Crippen molar-refractivity contribution in [2.75, 3.05) is 0 Å². The molecule has 1 heterocycles. The number of benzene rings is 1. The van der Waals surface area contributed by atoms with Gasteiger partial charge in [0.15, 0.2) is 5.54 Å². The van der Waals surface area contributed by atoms with Crippen molar-refractivity contribution in [2.24, 2.45) is 11.1 Å². The van der Waals surface area contributed by atoms with E-state index in [1.165, 1.54) is 6.20 Å². The molecule has 1 aromatic heterocycles. The van der Waals surface area contributed by atoms with E-state index >= 15 is 0 Å². The molecule has 1 saturated carbocycles. The molecule has 0 saturated heterocycles. The van der Waals surface area contributed by atoms with Crippen LogP contribution in [0.5, 0.6) is 0 Å². The minimum absolute atomic E-state index is 0.0145. The molecular formula is C19H23F3N4O2. The Balaban J connectivity index is 1.89. The minimum Gasteiger partial charge on any atom is -0.480 e. The number of halogens is 3. The summed E-state index contributed by atoms with van der Waals surface area (Å²) in [5.74, 6) is -1.14. The largest absolute Gasteiger partial charge is 0.480 e. The number of aromatic nitrogens is 3. The fraction of sp³-hybridized carbons (Fsp3) is 0.526. The highest BCUT2D eigenvalue weighted by Gasteiger charge is 2.66. The second kappa shape index (κ2) is 6.30. The Morgan fingerprint density at radius 3 is 2.21 bits per heavy atom. The number of nitrogens with zero attached hydrogens (tertiary/aromatic N) is 3. The molecule has 0 spiro atoms. The number of aliphatic carboxylic acids is 1. The van der Waals surface area contributed by atoms with Crippen LogP contribution >= 0.6 is 0 Å². The van der Waals surface area contributed by atoms with E-state index in [-0.39, 0.29) is 30.4 Å². The van der Waals surface area contributed by atoms with Crippen LogP contribution in [0.15, 0.2) is 30.5 Å². The number of nitrogens with two attached hydrogens (primary N) is 1. The molecule has 3 N–H and O–H groups in total. The first-order chi connectivity index (χ1) is 12.8. The summed E-state index contributed by atoms with van der Waals surface area (Å²) in [7, 11) is 0. The van der Waals surface area contributed by atoms with Crippen LogP contribution in [0.2, 0.25) is 0 Å². The zero-order valence-electron chi connectivity index (χ0n) is 15.9. The number of carboxylic acids is 1. The van der Waals surface area contributed by atoms with Gasteiger partial charge in [0.25, 0.3) is 0 Å². The first-order valence-corrected chi connectivity index (χ1v) is 8.91. The van der Waals surface area contributed by atoms with Crippen molar-refractivity contribution in [3.63, 3.8) is 0 Å². The fourth-order valence-corrected chi connectivity index (χ4v) is 3.44. The van der Waals surface area contributed by atoms with Crippen LogP contribution in [-0.2, 0) is 15.9 Å². The van der Waals surface area contributed by atoms with Crippen molar-refractivity contribution in [3.05, 3.63) is 36.0 Å². The lowest BCUT2D eigenvalue weighted by molar-refractivity contribution is -0.182. The molecule has 6 nitrogen and oxygen atoms in total. The number of carbonyl (C=O) groups is 1. The van der Waals surface area contributed by atoms with Crippen molar-refractivity contribution >= 4 is 5.97 Å². The van der Waals surface area contributed by atoms with Gasteiger partial charge in [-0.15, -0.1) is 5.10 Å². The first kappa shape index (κ1) is 20.3. The lowest BCUT2D eigenvalue weighted by Crippen LogP contribution is -2.47. The standard InChI is InChI=1S/C19H23F3N4O2/c1-16(2,3)11-18(23,15(27)28)13-6-4-12(5-7-13)14-10-26(25-24-14)17(8-9-17)19(20,21)22/h4-7,10H,8-9,11,23H2,1-3H3,(H,27,28)/t18-/m1/s1. The van der Waals surface area contributed by atoms with Gasteiger partial charge in [0.05, 0.1) is 6.20 Å². The lowest BCUT2D eigenvalue weighted by Gasteiger charge is -2.32. The zero-order valence-corrected chi connectivity index (χ0v) is 15.9. The molecule has 1 aliphatic rings. The van der Waals surface area contributed by atoms with E-state index in [9.17, 15) is 23.1 Å². The number of hydrogen-bond donors (Lipinski definition) is 2. The third-order valence-electron chi connectivity index (χ3n) is 5.07. The number of rotatable bonds is 5. The Labute approximate surface area is 160 Å². The van der Waals surface area contributed by atoms with Gasteiger partial charge in [-0.2, -0.15) is 13.2 Å². The molecule has 0 amide bonds. The maximum atomic E-state index is 13.2. The van der Waals surface area contributed by atoms with Crippen LogP contribution in [0.25, 0.3) is 11.3 Å². The highest BCUT2D eigenvalue weighted by atomic mass is 19.4. The fourth-order valence-electron chi connectivity index (χ4n) is 3.44. The SMILES string of the molecule is CC(C)(C)C[C@](N)(C(=O)O)c1ccc(-c2cn(C3(C(F)(F)F)CC3)nn2)cc1. The monoisotopic (exact) mass is 396 g/mol. The van der Waals surface area contributed by atoms with Crippen LogP contribution in [0.1, 0.15) is 45.6 Å². The van der Waals surface area contributed by atoms with Crippen molar-refractivity contribution in [1.29, 1.82) is 0 Å². The molecule has 1 aromatic carbocycles. The van der Waals surface area contributed by atoms with Gasteiger partial charge in [-0.05, 0) is 30.2 Å². The summed E-state index contributed by atoms with van der Waals surface area (Å²) in [6, 6.07) is 6.35. The Bertz CT molecular complexity index is 880. The highest BCUT2D eigenvalue weighted by Crippen LogP contribution is 2.55. The maximum Gasteiger partial charge on any atom is 0.413 e. The molecule has 3 rings (SSSR count). The quantitative estimate of drug-likeness (QED) is 0.804. The summed E-state index contributed by atoms with van der Waals surface area (Å²) in [6.07, 6.45) is -2.91. The molecule has 0 unspecified atom stereocenters. The van der Waals surface area contributed by atoms with Gasteiger partial charge in [0.1, 0.15) is 11.2 Å². The molecule has 28 heavy (non-hydrogen) atoms. The Morgan fingerprint density at radius 2 is 1.79 bits per heavy atom. The van der Waals surface area contributed by atoms with E-state index in [0.717, 1.165) is 4.68 Å². The van der Waals surface area contributed by atoms with Gasteiger partial charge >= 0.3 is 12.1 Å². The number of alkyl halides is 3. The number of carboxylic acid groups (broad SMARTS) is 1. The van der Waals surface area contributed by atoms with Crippen LogP contribution in [0.3, 0.4) is 0 Å². The summed E-state index contributed by atoms with van der Waals surface area (Å²) in [5, 5.41) is 17.2. The van der Waals surface area contributed by atoms with Gasteiger partial charge in [0.2, 0.25) is 0 Å². The smallest absolute Gasteiger partial charge is 0.413 e. The van der Waals surface area contributed by atoms with Gasteiger partial charge < -0.3 is 10.8 Å². The van der Waals surface area contributed by atoms with E-state index in [1.54, 1.807) is 24.3 Å². The van der Waals surface area contributed by atoms with Crippen molar-refractivity contribution < 1.29 is 23.1 Å². The van der Waals surface area contributed by atoms with Gasteiger partial charge in [-0.1, -0.05) is 50.3 Å². The summed E-state index contributed by atoms with van der Waals surface area (Å²) >= 11 is 0. The Hall–Kier alpha value is -2.42. The van der Waals surface area contributed by atoms with Gasteiger partial charge in [-0.3, -0.25) is 0 Å². The predicted molar refractivity (Wildman–Crippen MR) is 96.3 cm³/mol. The molecule has 1 fully saturated rings. The maximum absolute atomic E-state index is 13.2. The summed E-state index contributed by atoms with van der Waals surface area (Å²) in [5.41, 5.74) is 3.60. The summed E-state index contributed by atoms with van der Waals surface area (Å²) in [6.45, 7) is 5.70. The third kappa shape index (κ3) is 3.50. The van der Waals surface area contributed by atoms with Crippen molar-refractivity contribution in [3.8, 4) is 11.3 Å². The van der Waals surface area contributed by atoms with Crippen LogP contribution in [0.4, 0.5) is 13.2 Å². The molecule has 2 aromatic rings. The second-order valence-corrected chi connectivity index (χ2v) is 8.67. The first-order valence-electron chi connectivity index (χ1n) is 8.91. The summed E-state index contributed by atoms with van der Waals surface area (Å²) in [4.78, 5) is 11.8.